The third-order valence-corrected chi connectivity index (χ3v) is 1.85. The van der Waals surface area contributed by atoms with Gasteiger partial charge in [-0.2, -0.15) is 0 Å². The Morgan fingerprint density at radius 2 is 2.20 bits per heavy atom. The lowest BCUT2D eigenvalue weighted by molar-refractivity contribution is 0.167. The Morgan fingerprint density at radius 3 is 2.70 bits per heavy atom. The van der Waals surface area contributed by atoms with Gasteiger partial charge in [-0.3, -0.25) is 5.32 Å². The second-order valence-corrected chi connectivity index (χ2v) is 2.80. The van der Waals surface area contributed by atoms with Crippen molar-refractivity contribution in [2.45, 2.75) is 33.1 Å². The zero-order chi connectivity index (χ0) is 7.82. The molecular weight excluding hydrogens is 126 g/mol. The first-order chi connectivity index (χ1) is 4.81. The number of nitrogens with one attached hydrogen (secondary N) is 1. The molecule has 0 spiro atoms. The van der Waals surface area contributed by atoms with Gasteiger partial charge in [0.25, 0.3) is 0 Å². The summed E-state index contributed by atoms with van der Waals surface area (Å²) >= 11 is 0. The molecule has 0 aliphatic rings. The van der Waals surface area contributed by atoms with Crippen LogP contribution in [-0.4, -0.2) is 13.3 Å². The molecule has 0 aromatic rings. The molecule has 0 saturated carbocycles. The SMILES string of the molecule is CCC(C)CCCNC[O]. The molecular formula is C8H18NO. The van der Waals surface area contributed by atoms with E-state index in [9.17, 15) is 5.11 Å². The van der Waals surface area contributed by atoms with Crippen LogP contribution in [0.4, 0.5) is 0 Å². The molecule has 1 N–H and O–H groups in total. The van der Waals surface area contributed by atoms with Crippen molar-refractivity contribution in [1.29, 1.82) is 0 Å². The van der Waals surface area contributed by atoms with E-state index in [1.54, 1.807) is 0 Å². The summed E-state index contributed by atoms with van der Waals surface area (Å²) < 4.78 is 0. The van der Waals surface area contributed by atoms with Crippen molar-refractivity contribution in [1.82, 2.24) is 5.32 Å². The van der Waals surface area contributed by atoms with Crippen LogP contribution >= 0.6 is 0 Å². The fraction of sp³-hybridized carbons (Fsp3) is 1.00. The van der Waals surface area contributed by atoms with Gasteiger partial charge in [-0.15, -0.1) is 0 Å². The number of rotatable bonds is 6. The van der Waals surface area contributed by atoms with Crippen LogP contribution in [0.15, 0.2) is 0 Å². The fourth-order valence-corrected chi connectivity index (χ4v) is 0.852. The van der Waals surface area contributed by atoms with Gasteiger partial charge in [0, 0.05) is 0 Å². The molecule has 1 atom stereocenters. The van der Waals surface area contributed by atoms with Crippen LogP contribution in [0.3, 0.4) is 0 Å². The van der Waals surface area contributed by atoms with E-state index in [4.69, 9.17) is 0 Å². The normalized spacial score (nSPS) is 13.5. The summed E-state index contributed by atoms with van der Waals surface area (Å²) in [7, 11) is 0. The molecule has 0 saturated heterocycles. The van der Waals surface area contributed by atoms with E-state index in [1.165, 1.54) is 12.8 Å². The predicted octanol–water partition coefficient (Wildman–Crippen LogP) is 1.79. The molecule has 1 unspecified atom stereocenters. The quantitative estimate of drug-likeness (QED) is 0.447. The Balaban J connectivity index is 2.89. The second kappa shape index (κ2) is 7.03. The largest absolute Gasteiger partial charge is 0.292 e. The highest BCUT2D eigenvalue weighted by Crippen LogP contribution is 2.07. The van der Waals surface area contributed by atoms with Crippen LogP contribution < -0.4 is 5.32 Å². The first-order valence-electron chi connectivity index (χ1n) is 4.10. The molecule has 61 valence electrons. The van der Waals surface area contributed by atoms with Gasteiger partial charge in [0.1, 0.15) is 6.73 Å². The van der Waals surface area contributed by atoms with Crippen molar-refractivity contribution in [3.05, 3.63) is 0 Å². The van der Waals surface area contributed by atoms with Crippen molar-refractivity contribution < 1.29 is 5.11 Å². The molecule has 10 heavy (non-hydrogen) atoms. The van der Waals surface area contributed by atoms with Gasteiger partial charge in [-0.1, -0.05) is 20.3 Å². The molecule has 0 aliphatic carbocycles. The molecule has 0 bridgehead atoms. The van der Waals surface area contributed by atoms with Crippen LogP contribution in [0, 0.1) is 5.92 Å². The monoisotopic (exact) mass is 144 g/mol. The van der Waals surface area contributed by atoms with E-state index >= 15 is 0 Å². The predicted molar refractivity (Wildman–Crippen MR) is 42.2 cm³/mol. The van der Waals surface area contributed by atoms with Crippen LogP contribution in [-0.2, 0) is 5.11 Å². The van der Waals surface area contributed by atoms with Crippen LogP contribution in [0.5, 0.6) is 0 Å². The van der Waals surface area contributed by atoms with E-state index in [0.717, 1.165) is 18.9 Å². The summed E-state index contributed by atoms with van der Waals surface area (Å²) in [6, 6.07) is 0. The van der Waals surface area contributed by atoms with Crippen molar-refractivity contribution >= 4 is 0 Å². The maximum atomic E-state index is 9.93. The van der Waals surface area contributed by atoms with Crippen molar-refractivity contribution in [3.8, 4) is 0 Å². The van der Waals surface area contributed by atoms with Crippen molar-refractivity contribution in [2.24, 2.45) is 5.92 Å². The Hall–Kier alpha value is -0.0800. The molecule has 0 rings (SSSR count). The van der Waals surface area contributed by atoms with Gasteiger partial charge in [0.15, 0.2) is 0 Å². The first-order valence-corrected chi connectivity index (χ1v) is 4.10. The van der Waals surface area contributed by atoms with E-state index in [0.29, 0.717) is 0 Å². The highest BCUT2D eigenvalue weighted by atomic mass is 16.3. The minimum atomic E-state index is -0.138. The van der Waals surface area contributed by atoms with Gasteiger partial charge in [0.2, 0.25) is 0 Å². The topological polar surface area (TPSA) is 31.9 Å². The Kier molecular flexibility index (Phi) is 6.98. The summed E-state index contributed by atoms with van der Waals surface area (Å²) in [5.74, 6) is 0.813. The first kappa shape index (κ1) is 9.92. The number of hydrogen-bond acceptors (Lipinski definition) is 1. The van der Waals surface area contributed by atoms with Gasteiger partial charge >= 0.3 is 0 Å². The van der Waals surface area contributed by atoms with E-state index < -0.39 is 0 Å². The molecule has 1 radical (unpaired) electrons. The van der Waals surface area contributed by atoms with E-state index in [2.05, 4.69) is 19.2 Å². The Bertz CT molecular complexity index is 66.3. The van der Waals surface area contributed by atoms with Gasteiger partial charge < -0.3 is 0 Å². The standard InChI is InChI=1S/C8H18NO/c1-3-8(2)5-4-6-9-7-10/h8-9H,3-7H2,1-2H3. The van der Waals surface area contributed by atoms with Crippen LogP contribution in [0.25, 0.3) is 0 Å². The summed E-state index contributed by atoms with van der Waals surface area (Å²) in [6.07, 6.45) is 3.62. The number of hydrogen-bond donors (Lipinski definition) is 1. The smallest absolute Gasteiger partial charge is 0.133 e. The van der Waals surface area contributed by atoms with Gasteiger partial charge in [0.05, 0.1) is 0 Å². The molecule has 0 amide bonds. The maximum absolute atomic E-state index is 9.93. The average molecular weight is 144 g/mol. The Labute approximate surface area is 63.6 Å². The summed E-state index contributed by atoms with van der Waals surface area (Å²) in [5.41, 5.74) is 0. The van der Waals surface area contributed by atoms with Crippen molar-refractivity contribution in [2.75, 3.05) is 13.3 Å². The third kappa shape index (κ3) is 6.05. The molecule has 0 aromatic carbocycles. The molecule has 0 heterocycles. The molecule has 2 nitrogen and oxygen atoms in total. The lowest BCUT2D eigenvalue weighted by Gasteiger charge is -2.06. The van der Waals surface area contributed by atoms with Crippen LogP contribution in [0.2, 0.25) is 0 Å². The lowest BCUT2D eigenvalue weighted by Crippen LogP contribution is -2.15. The Morgan fingerprint density at radius 1 is 1.50 bits per heavy atom. The molecule has 0 aromatic heterocycles. The van der Waals surface area contributed by atoms with Crippen LogP contribution in [0.1, 0.15) is 33.1 Å². The minimum absolute atomic E-state index is 0.138. The summed E-state index contributed by atoms with van der Waals surface area (Å²) in [6.45, 7) is 5.19. The zero-order valence-electron chi connectivity index (χ0n) is 7.02. The maximum Gasteiger partial charge on any atom is 0.133 e. The minimum Gasteiger partial charge on any atom is -0.292 e. The summed E-state index contributed by atoms with van der Waals surface area (Å²) in [4.78, 5) is 0. The lowest BCUT2D eigenvalue weighted by atomic mass is 10.0. The molecule has 0 fully saturated rings. The fourth-order valence-electron chi connectivity index (χ4n) is 0.852. The summed E-state index contributed by atoms with van der Waals surface area (Å²) in [5, 5.41) is 12.7. The van der Waals surface area contributed by atoms with Crippen molar-refractivity contribution in [3.63, 3.8) is 0 Å². The zero-order valence-corrected chi connectivity index (χ0v) is 7.02. The van der Waals surface area contributed by atoms with E-state index in [1.807, 2.05) is 0 Å². The highest BCUT2D eigenvalue weighted by molar-refractivity contribution is 4.51. The molecule has 2 heteroatoms. The average Bonchev–Trinajstić information content (AvgIpc) is 1.98. The van der Waals surface area contributed by atoms with E-state index in [-0.39, 0.29) is 6.73 Å². The van der Waals surface area contributed by atoms with Gasteiger partial charge in [-0.25, -0.2) is 5.11 Å². The third-order valence-electron chi connectivity index (χ3n) is 1.85. The second-order valence-electron chi connectivity index (χ2n) is 2.80. The highest BCUT2D eigenvalue weighted by Gasteiger charge is 1.96. The van der Waals surface area contributed by atoms with Gasteiger partial charge in [-0.05, 0) is 25.3 Å². The molecule has 0 aliphatic heterocycles.